The Hall–Kier alpha value is -3.39. The Balaban J connectivity index is 1.81. The first-order valence-electron chi connectivity index (χ1n) is 10.4. The van der Waals surface area contributed by atoms with Crippen molar-refractivity contribution in [2.24, 2.45) is 0 Å². The fraction of sp³-hybridized carbons (Fsp3) is 0.292. The number of carbonyl (C=O) groups is 1. The third-order valence-electron chi connectivity index (χ3n) is 5.89. The third-order valence-corrected chi connectivity index (χ3v) is 6.25. The van der Waals surface area contributed by atoms with E-state index in [1.54, 1.807) is 18.3 Å². The second-order valence-electron chi connectivity index (χ2n) is 7.80. The minimum Gasteiger partial charge on any atom is -0.506 e. The molecule has 3 aromatic rings. The van der Waals surface area contributed by atoms with Crippen molar-refractivity contribution in [2.75, 3.05) is 13.7 Å². The van der Waals surface area contributed by atoms with E-state index in [1.807, 2.05) is 53.6 Å². The smallest absolute Gasteiger partial charge is 0.307 e. The van der Waals surface area contributed by atoms with E-state index in [0.29, 0.717) is 11.7 Å². The second kappa shape index (κ2) is 9.00. The number of rotatable bonds is 6. The van der Waals surface area contributed by atoms with Gasteiger partial charge in [0.2, 0.25) is 0 Å². The highest BCUT2D eigenvalue weighted by Crippen LogP contribution is 2.42. The number of aromatic nitrogens is 2. The fourth-order valence-corrected chi connectivity index (χ4v) is 4.74. The molecular formula is C24H26N4O3S. The number of aryl methyl sites for hydroxylation is 1. The van der Waals surface area contributed by atoms with Crippen molar-refractivity contribution in [3.8, 4) is 11.4 Å². The Morgan fingerprint density at radius 2 is 1.97 bits per heavy atom. The van der Waals surface area contributed by atoms with Gasteiger partial charge in [0.05, 0.1) is 37.0 Å². The third kappa shape index (κ3) is 3.93. The standard InChI is InChI=1S/C24H26N4O3S/c1-15-14-17(16(2)28(15)19-9-4-5-10-20(19)29)23-22(18-8-6-7-12-25-18)26-24(32)27(23)13-11-21(30)31-3/h4-10,12,14,22-23,29H,11,13H2,1-3H3,(H,26,32)/t22-,23-/m1/s1. The van der Waals surface area contributed by atoms with Gasteiger partial charge < -0.3 is 24.6 Å². The number of methoxy groups -OCH3 is 1. The van der Waals surface area contributed by atoms with Gasteiger partial charge in [-0.3, -0.25) is 9.78 Å². The molecule has 0 amide bonds. The second-order valence-corrected chi connectivity index (χ2v) is 8.18. The summed E-state index contributed by atoms with van der Waals surface area (Å²) in [6.07, 6.45) is 1.99. The van der Waals surface area contributed by atoms with Crippen LogP contribution in [-0.4, -0.2) is 44.3 Å². The maximum Gasteiger partial charge on any atom is 0.307 e. The first-order chi connectivity index (χ1) is 15.4. The summed E-state index contributed by atoms with van der Waals surface area (Å²) in [6, 6.07) is 14.8. The SMILES string of the molecule is COC(=O)CCN1C(=S)N[C@H](c2ccccn2)[C@H]1c1cc(C)n(-c2ccccc2O)c1C. The number of thiocarbonyl (C=S) groups is 1. The number of pyridine rings is 1. The van der Waals surface area contributed by atoms with Crippen molar-refractivity contribution in [1.29, 1.82) is 0 Å². The average Bonchev–Trinajstić information content (AvgIpc) is 3.28. The van der Waals surface area contributed by atoms with E-state index >= 15 is 0 Å². The van der Waals surface area contributed by atoms with E-state index in [4.69, 9.17) is 17.0 Å². The highest BCUT2D eigenvalue weighted by Gasteiger charge is 2.41. The van der Waals surface area contributed by atoms with Gasteiger partial charge in [0.25, 0.3) is 0 Å². The van der Waals surface area contributed by atoms with Crippen LogP contribution in [0.3, 0.4) is 0 Å². The summed E-state index contributed by atoms with van der Waals surface area (Å²) in [6.45, 7) is 4.47. The van der Waals surface area contributed by atoms with Crippen molar-refractivity contribution in [3.05, 3.63) is 77.4 Å². The molecule has 0 radical (unpaired) electrons. The number of nitrogens with one attached hydrogen (secondary N) is 1. The van der Waals surface area contributed by atoms with Crippen molar-refractivity contribution < 1.29 is 14.6 Å². The number of phenols is 1. The predicted molar refractivity (Wildman–Crippen MR) is 126 cm³/mol. The molecule has 32 heavy (non-hydrogen) atoms. The number of para-hydroxylation sites is 2. The van der Waals surface area contributed by atoms with Gasteiger partial charge in [0.15, 0.2) is 5.11 Å². The first kappa shape index (κ1) is 21.8. The maximum atomic E-state index is 11.9. The number of esters is 1. The van der Waals surface area contributed by atoms with Crippen molar-refractivity contribution in [2.45, 2.75) is 32.4 Å². The maximum absolute atomic E-state index is 11.9. The molecule has 7 nitrogen and oxygen atoms in total. The normalized spacial score (nSPS) is 18.0. The summed E-state index contributed by atoms with van der Waals surface area (Å²) < 4.78 is 6.88. The van der Waals surface area contributed by atoms with E-state index in [-0.39, 0.29) is 30.2 Å². The van der Waals surface area contributed by atoms with E-state index in [2.05, 4.69) is 16.4 Å². The van der Waals surface area contributed by atoms with Crippen LogP contribution < -0.4 is 5.32 Å². The molecule has 0 saturated carbocycles. The lowest BCUT2D eigenvalue weighted by Gasteiger charge is -2.28. The number of ether oxygens (including phenoxy) is 1. The van der Waals surface area contributed by atoms with E-state index in [0.717, 1.165) is 28.3 Å². The Kier molecular flexibility index (Phi) is 6.14. The lowest BCUT2D eigenvalue weighted by atomic mass is 9.96. The largest absolute Gasteiger partial charge is 0.506 e. The van der Waals surface area contributed by atoms with Gasteiger partial charge in [0.1, 0.15) is 5.75 Å². The molecule has 166 valence electrons. The minimum atomic E-state index is -0.285. The molecule has 1 saturated heterocycles. The van der Waals surface area contributed by atoms with Gasteiger partial charge in [0, 0.05) is 24.1 Å². The lowest BCUT2D eigenvalue weighted by Crippen LogP contribution is -2.32. The van der Waals surface area contributed by atoms with Gasteiger partial charge in [-0.25, -0.2) is 0 Å². The molecule has 0 spiro atoms. The van der Waals surface area contributed by atoms with Crippen LogP contribution >= 0.6 is 12.2 Å². The van der Waals surface area contributed by atoms with E-state index in [9.17, 15) is 9.90 Å². The molecular weight excluding hydrogens is 424 g/mol. The molecule has 1 aliphatic rings. The average molecular weight is 451 g/mol. The quantitative estimate of drug-likeness (QED) is 0.438. The van der Waals surface area contributed by atoms with Crippen molar-refractivity contribution >= 4 is 23.3 Å². The predicted octanol–water partition coefficient (Wildman–Crippen LogP) is 3.73. The lowest BCUT2D eigenvalue weighted by molar-refractivity contribution is -0.140. The Morgan fingerprint density at radius 1 is 1.22 bits per heavy atom. The Labute approximate surface area is 192 Å². The van der Waals surface area contributed by atoms with Gasteiger partial charge in [-0.15, -0.1) is 0 Å². The van der Waals surface area contributed by atoms with E-state index in [1.165, 1.54) is 7.11 Å². The van der Waals surface area contributed by atoms with Crippen LogP contribution in [-0.2, 0) is 9.53 Å². The van der Waals surface area contributed by atoms with Crippen molar-refractivity contribution in [3.63, 3.8) is 0 Å². The van der Waals surface area contributed by atoms with Crippen LogP contribution in [0.5, 0.6) is 5.75 Å². The highest BCUT2D eigenvalue weighted by atomic mass is 32.1. The number of carbonyl (C=O) groups excluding carboxylic acids is 1. The van der Waals surface area contributed by atoms with Crippen LogP contribution in [0.2, 0.25) is 0 Å². The van der Waals surface area contributed by atoms with Crippen LogP contribution in [0.25, 0.3) is 5.69 Å². The van der Waals surface area contributed by atoms with Gasteiger partial charge in [-0.1, -0.05) is 18.2 Å². The zero-order valence-electron chi connectivity index (χ0n) is 18.3. The van der Waals surface area contributed by atoms with Crippen LogP contribution in [0.1, 0.15) is 41.1 Å². The molecule has 1 aromatic carbocycles. The monoisotopic (exact) mass is 450 g/mol. The zero-order chi connectivity index (χ0) is 22.8. The van der Waals surface area contributed by atoms with Crippen LogP contribution in [0, 0.1) is 13.8 Å². The number of hydrogen-bond acceptors (Lipinski definition) is 5. The molecule has 1 aliphatic heterocycles. The van der Waals surface area contributed by atoms with Gasteiger partial charge in [-0.05, 0) is 62.0 Å². The van der Waals surface area contributed by atoms with Crippen molar-refractivity contribution in [1.82, 2.24) is 19.8 Å². The molecule has 0 bridgehead atoms. The summed E-state index contributed by atoms with van der Waals surface area (Å²) in [5.74, 6) is -0.0720. The molecule has 0 aliphatic carbocycles. The molecule has 0 unspecified atom stereocenters. The van der Waals surface area contributed by atoms with E-state index < -0.39 is 0 Å². The summed E-state index contributed by atoms with van der Waals surface area (Å²) in [5, 5.41) is 14.4. The number of phenolic OH excluding ortho intramolecular Hbond substituents is 1. The summed E-state index contributed by atoms with van der Waals surface area (Å²) in [7, 11) is 1.39. The number of benzene rings is 1. The highest BCUT2D eigenvalue weighted by molar-refractivity contribution is 7.80. The number of aromatic hydroxyl groups is 1. The number of hydrogen-bond donors (Lipinski definition) is 2. The summed E-state index contributed by atoms with van der Waals surface area (Å²) in [5.41, 5.74) is 4.62. The minimum absolute atomic E-state index is 0.173. The molecule has 3 heterocycles. The van der Waals surface area contributed by atoms with Gasteiger partial charge in [-0.2, -0.15) is 0 Å². The summed E-state index contributed by atoms with van der Waals surface area (Å²) >= 11 is 5.67. The first-order valence-corrected chi connectivity index (χ1v) is 10.8. The zero-order valence-corrected chi connectivity index (χ0v) is 19.1. The molecule has 2 aromatic heterocycles. The molecule has 8 heteroatoms. The summed E-state index contributed by atoms with van der Waals surface area (Å²) in [4.78, 5) is 18.5. The van der Waals surface area contributed by atoms with Crippen LogP contribution in [0.15, 0.2) is 54.7 Å². The Morgan fingerprint density at radius 3 is 2.66 bits per heavy atom. The van der Waals surface area contributed by atoms with Gasteiger partial charge >= 0.3 is 5.97 Å². The Bertz CT molecular complexity index is 1150. The molecule has 2 N–H and O–H groups in total. The molecule has 4 rings (SSSR count). The molecule has 1 fully saturated rings. The molecule has 2 atom stereocenters. The van der Waals surface area contributed by atoms with Crippen LogP contribution in [0.4, 0.5) is 0 Å². The number of nitrogens with zero attached hydrogens (tertiary/aromatic N) is 3. The topological polar surface area (TPSA) is 79.6 Å². The fourth-order valence-electron chi connectivity index (χ4n) is 4.41.